The standard InChI is InChI=1S/C6H8Cl2I2O2/c1-4(11-5(2,7)8)12-6(3,9)10/h1H2,2-3H3. The molecule has 0 aromatic carbocycles. The lowest BCUT2D eigenvalue weighted by molar-refractivity contribution is 0.00876. The maximum Gasteiger partial charge on any atom is 0.276 e. The summed E-state index contributed by atoms with van der Waals surface area (Å²) in [7, 11) is 0. The van der Waals surface area contributed by atoms with Crippen LogP contribution in [0, 0.1) is 0 Å². The summed E-state index contributed by atoms with van der Waals surface area (Å²) in [4.78, 5) is 0. The molecule has 0 aliphatic carbocycles. The van der Waals surface area contributed by atoms with Crippen LogP contribution in [-0.4, -0.2) is 6.13 Å². The molecule has 0 radical (unpaired) electrons. The van der Waals surface area contributed by atoms with E-state index in [1.807, 2.05) is 6.92 Å². The van der Waals surface area contributed by atoms with Crippen molar-refractivity contribution in [1.29, 1.82) is 0 Å². The molecule has 0 atom stereocenters. The fourth-order valence-electron chi connectivity index (χ4n) is 0.421. The minimum Gasteiger partial charge on any atom is -0.439 e. The lowest BCUT2D eigenvalue weighted by Crippen LogP contribution is -2.17. The van der Waals surface area contributed by atoms with E-state index in [4.69, 9.17) is 32.7 Å². The second kappa shape index (κ2) is 4.75. The molecule has 0 N–H and O–H groups in total. The number of hydrogen-bond acceptors (Lipinski definition) is 2. The van der Waals surface area contributed by atoms with Crippen molar-refractivity contribution in [3.05, 3.63) is 12.5 Å². The van der Waals surface area contributed by atoms with Crippen molar-refractivity contribution < 1.29 is 9.47 Å². The fourth-order valence-corrected chi connectivity index (χ4v) is 1.08. The van der Waals surface area contributed by atoms with E-state index in [-0.39, 0.29) is 5.95 Å². The molecular weight excluding hydrogens is 429 g/mol. The Balaban J connectivity index is 3.92. The van der Waals surface area contributed by atoms with Crippen LogP contribution >= 0.6 is 68.4 Å². The molecule has 0 rings (SSSR count). The molecule has 0 spiro atoms. The van der Waals surface area contributed by atoms with Gasteiger partial charge in [0.05, 0.1) is 0 Å². The minimum absolute atomic E-state index is 0.105. The quantitative estimate of drug-likeness (QED) is 0.374. The molecule has 0 aromatic rings. The highest BCUT2D eigenvalue weighted by atomic mass is 127. The predicted octanol–water partition coefficient (Wildman–Crippen LogP) is 4.19. The largest absolute Gasteiger partial charge is 0.439 e. The van der Waals surface area contributed by atoms with Crippen molar-refractivity contribution in [3.63, 3.8) is 0 Å². The third-order valence-electron chi connectivity index (χ3n) is 0.586. The summed E-state index contributed by atoms with van der Waals surface area (Å²) in [6.45, 7) is 6.84. The van der Waals surface area contributed by atoms with Gasteiger partial charge in [0.1, 0.15) is 0 Å². The van der Waals surface area contributed by atoms with Gasteiger partial charge in [0.25, 0.3) is 10.5 Å². The Labute approximate surface area is 109 Å². The average molecular weight is 437 g/mol. The molecule has 12 heavy (non-hydrogen) atoms. The van der Waals surface area contributed by atoms with Crippen molar-refractivity contribution in [2.45, 2.75) is 20.0 Å². The third-order valence-corrected chi connectivity index (χ3v) is 1.18. The van der Waals surface area contributed by atoms with Crippen LogP contribution in [-0.2, 0) is 9.47 Å². The number of halogens is 4. The summed E-state index contributed by atoms with van der Waals surface area (Å²) in [5.74, 6) is 0.105. The minimum atomic E-state index is -1.30. The molecule has 0 fully saturated rings. The first-order valence-corrected chi connectivity index (χ1v) is 5.84. The zero-order valence-electron chi connectivity index (χ0n) is 6.54. The van der Waals surface area contributed by atoms with E-state index in [0.29, 0.717) is 0 Å². The van der Waals surface area contributed by atoms with Crippen LogP contribution in [0.2, 0.25) is 0 Å². The van der Waals surface area contributed by atoms with E-state index in [0.717, 1.165) is 0 Å². The summed E-state index contributed by atoms with van der Waals surface area (Å²) in [6.07, 6.45) is 0. The molecule has 0 saturated heterocycles. The summed E-state index contributed by atoms with van der Waals surface area (Å²) in [6, 6.07) is 0. The van der Waals surface area contributed by atoms with Crippen molar-refractivity contribution in [3.8, 4) is 0 Å². The van der Waals surface area contributed by atoms with E-state index in [9.17, 15) is 0 Å². The Bertz CT molecular complexity index is 153. The van der Waals surface area contributed by atoms with Gasteiger partial charge in [0.2, 0.25) is 1.61 Å². The van der Waals surface area contributed by atoms with Gasteiger partial charge >= 0.3 is 0 Å². The first-order chi connectivity index (χ1) is 5.10. The van der Waals surface area contributed by atoms with E-state index >= 15 is 0 Å². The Morgan fingerprint density at radius 1 is 1.25 bits per heavy atom. The van der Waals surface area contributed by atoms with Crippen LogP contribution < -0.4 is 0 Å². The highest BCUT2D eigenvalue weighted by Gasteiger charge is 2.24. The van der Waals surface area contributed by atoms with Crippen LogP contribution in [0.4, 0.5) is 0 Å². The summed E-state index contributed by atoms with van der Waals surface area (Å²) < 4.78 is 8.41. The average Bonchev–Trinajstić information content (AvgIpc) is 1.49. The van der Waals surface area contributed by atoms with Crippen molar-refractivity contribution in [2.75, 3.05) is 0 Å². The van der Waals surface area contributed by atoms with Gasteiger partial charge in [0, 0.05) is 6.92 Å². The number of rotatable bonds is 4. The normalized spacial score (nSPS) is 12.5. The highest BCUT2D eigenvalue weighted by molar-refractivity contribution is 14.2. The van der Waals surface area contributed by atoms with E-state index in [1.165, 1.54) is 6.92 Å². The lowest BCUT2D eigenvalue weighted by Gasteiger charge is -2.22. The van der Waals surface area contributed by atoms with Crippen LogP contribution in [0.25, 0.3) is 0 Å². The maximum absolute atomic E-state index is 5.55. The highest BCUT2D eigenvalue weighted by Crippen LogP contribution is 2.33. The number of hydrogen-bond donors (Lipinski definition) is 0. The molecule has 0 aliphatic heterocycles. The summed E-state index contributed by atoms with van der Waals surface area (Å²) in [5.41, 5.74) is 0. The van der Waals surface area contributed by atoms with Crippen LogP contribution in [0.15, 0.2) is 12.5 Å². The number of alkyl halides is 4. The molecule has 0 saturated carbocycles. The van der Waals surface area contributed by atoms with Crippen molar-refractivity contribution in [2.24, 2.45) is 0 Å². The first-order valence-electron chi connectivity index (χ1n) is 2.93. The van der Waals surface area contributed by atoms with E-state index < -0.39 is 6.13 Å². The molecule has 2 nitrogen and oxygen atoms in total. The van der Waals surface area contributed by atoms with Crippen LogP contribution in [0.1, 0.15) is 13.8 Å². The second-order valence-corrected chi connectivity index (χ2v) is 10.0. The molecule has 0 bridgehead atoms. The summed E-state index contributed by atoms with van der Waals surface area (Å²) in [5, 5.41) is 0. The fraction of sp³-hybridized carbons (Fsp3) is 0.667. The van der Waals surface area contributed by atoms with Gasteiger partial charge in [-0.2, -0.15) is 0 Å². The molecule has 0 heterocycles. The van der Waals surface area contributed by atoms with Gasteiger partial charge < -0.3 is 9.47 Å². The molecule has 0 amide bonds. The zero-order chi connectivity index (χ0) is 9.99. The molecule has 0 unspecified atom stereocenters. The Hall–Kier alpha value is 1.38. The van der Waals surface area contributed by atoms with Crippen LogP contribution in [0.3, 0.4) is 0 Å². The monoisotopic (exact) mass is 436 g/mol. The lowest BCUT2D eigenvalue weighted by atomic mass is 10.8. The summed E-state index contributed by atoms with van der Waals surface area (Å²) >= 11 is 15.3. The molecule has 0 aliphatic rings. The van der Waals surface area contributed by atoms with Gasteiger partial charge in [-0.3, -0.25) is 0 Å². The molecule has 0 aromatic heterocycles. The van der Waals surface area contributed by atoms with Gasteiger partial charge in [0.15, 0.2) is 0 Å². The SMILES string of the molecule is C=C(OC(C)(Cl)Cl)OC(C)(I)I. The predicted molar refractivity (Wildman–Crippen MR) is 67.9 cm³/mol. The van der Waals surface area contributed by atoms with E-state index in [2.05, 4.69) is 51.8 Å². The molecule has 72 valence electrons. The second-order valence-electron chi connectivity index (χ2n) is 2.19. The zero-order valence-corrected chi connectivity index (χ0v) is 12.4. The third kappa shape index (κ3) is 9.47. The van der Waals surface area contributed by atoms with Gasteiger partial charge in [-0.25, -0.2) is 0 Å². The van der Waals surface area contributed by atoms with Gasteiger partial charge in [-0.05, 0) is 58.7 Å². The molecular formula is C6H8Cl2I2O2. The first kappa shape index (κ1) is 13.4. The Morgan fingerprint density at radius 2 is 1.67 bits per heavy atom. The van der Waals surface area contributed by atoms with Crippen molar-refractivity contribution >= 4 is 68.4 Å². The smallest absolute Gasteiger partial charge is 0.276 e. The Kier molecular flexibility index (Phi) is 5.29. The van der Waals surface area contributed by atoms with Crippen LogP contribution in [0.5, 0.6) is 0 Å². The number of ether oxygens (including phenoxy) is 2. The van der Waals surface area contributed by atoms with E-state index in [1.54, 1.807) is 0 Å². The topological polar surface area (TPSA) is 18.5 Å². The van der Waals surface area contributed by atoms with Gasteiger partial charge in [-0.1, -0.05) is 23.2 Å². The maximum atomic E-state index is 5.55. The molecule has 6 heteroatoms. The van der Waals surface area contributed by atoms with Gasteiger partial charge in [-0.15, -0.1) is 0 Å². The Morgan fingerprint density at radius 3 is 1.92 bits per heavy atom. The van der Waals surface area contributed by atoms with Crippen molar-refractivity contribution in [1.82, 2.24) is 0 Å².